The summed E-state index contributed by atoms with van der Waals surface area (Å²) in [7, 11) is 0. The maximum atomic E-state index is 5.34. The van der Waals surface area contributed by atoms with Crippen molar-refractivity contribution in [1.82, 2.24) is 15.0 Å². The van der Waals surface area contributed by atoms with Crippen LogP contribution in [0.15, 0.2) is 188 Å². The maximum absolute atomic E-state index is 5.34. The molecule has 0 aliphatic heterocycles. The Hall–Kier alpha value is -6.75. The predicted octanol–water partition coefficient (Wildman–Crippen LogP) is 13.4. The molecule has 0 unspecified atom stereocenters. The van der Waals surface area contributed by atoms with Crippen molar-refractivity contribution >= 4 is 42.4 Å². The summed E-state index contributed by atoms with van der Waals surface area (Å²) in [6, 6.07) is 66.0. The fourth-order valence-electron chi connectivity index (χ4n) is 7.20. The predicted molar refractivity (Wildman–Crippen MR) is 223 cm³/mol. The fraction of sp³-hybridized carbons (Fsp3) is 0. The summed E-state index contributed by atoms with van der Waals surface area (Å²) in [5.74, 6) is 0.701. The lowest BCUT2D eigenvalue weighted by atomic mass is 9.98. The van der Waals surface area contributed by atoms with E-state index in [1.807, 2.05) is 35.6 Å². The number of pyridine rings is 1. The van der Waals surface area contributed by atoms with Gasteiger partial charge in [-0.2, -0.15) is 0 Å². The van der Waals surface area contributed by atoms with Gasteiger partial charge in [-0.15, -0.1) is 11.3 Å². The zero-order valence-electron chi connectivity index (χ0n) is 28.6. The topological polar surface area (TPSA) is 38.7 Å². The molecule has 10 aromatic rings. The molecule has 248 valence electrons. The SMILES string of the molecule is c1ccc(-c2ccc(-c3nc(-c4ccccc4)cc(-c4ccc(-c5ccc6c(c5)nc(-c5ccccc5)c5c7ccccc7sc65)cc4)n3)cc2)cc1. The number of thiophene rings is 1. The highest BCUT2D eigenvalue weighted by molar-refractivity contribution is 7.26. The Morgan fingerprint density at radius 3 is 1.51 bits per heavy atom. The molecule has 3 nitrogen and oxygen atoms in total. The molecule has 0 amide bonds. The fourth-order valence-corrected chi connectivity index (χ4v) is 8.44. The number of fused-ring (bicyclic) bond motifs is 5. The molecule has 10 rings (SSSR count). The van der Waals surface area contributed by atoms with Gasteiger partial charge in [-0.05, 0) is 40.5 Å². The molecular weight excluding hydrogens is 663 g/mol. The number of hydrogen-bond donors (Lipinski definition) is 0. The van der Waals surface area contributed by atoms with Crippen molar-refractivity contribution in [1.29, 1.82) is 0 Å². The first kappa shape index (κ1) is 31.0. The van der Waals surface area contributed by atoms with Crippen LogP contribution in [-0.2, 0) is 0 Å². The lowest BCUT2D eigenvalue weighted by molar-refractivity contribution is 1.18. The zero-order chi connectivity index (χ0) is 35.1. The molecule has 0 bridgehead atoms. The monoisotopic (exact) mass is 693 g/mol. The van der Waals surface area contributed by atoms with Gasteiger partial charge in [0.2, 0.25) is 0 Å². The average molecular weight is 694 g/mol. The minimum Gasteiger partial charge on any atom is -0.247 e. The molecule has 0 radical (unpaired) electrons. The Balaban J connectivity index is 1.04. The molecule has 0 saturated heterocycles. The molecular formula is C49H31N3S. The maximum Gasteiger partial charge on any atom is 0.160 e. The van der Waals surface area contributed by atoms with Crippen molar-refractivity contribution < 1.29 is 0 Å². The van der Waals surface area contributed by atoms with E-state index in [0.717, 1.165) is 61.5 Å². The van der Waals surface area contributed by atoms with Crippen LogP contribution in [0.4, 0.5) is 0 Å². The van der Waals surface area contributed by atoms with Gasteiger partial charge >= 0.3 is 0 Å². The highest BCUT2D eigenvalue weighted by atomic mass is 32.1. The molecule has 0 saturated carbocycles. The molecule has 3 aromatic heterocycles. The first-order valence-corrected chi connectivity index (χ1v) is 18.6. The summed E-state index contributed by atoms with van der Waals surface area (Å²) < 4.78 is 2.56. The van der Waals surface area contributed by atoms with Crippen LogP contribution in [0, 0.1) is 0 Å². The summed E-state index contributed by atoms with van der Waals surface area (Å²) in [6.45, 7) is 0. The van der Waals surface area contributed by atoms with Gasteiger partial charge in [0, 0.05) is 47.8 Å². The van der Waals surface area contributed by atoms with Gasteiger partial charge in [0.1, 0.15) is 0 Å². The van der Waals surface area contributed by atoms with E-state index in [2.05, 4.69) is 164 Å². The van der Waals surface area contributed by atoms with Crippen LogP contribution in [0.25, 0.3) is 98.5 Å². The molecule has 3 heterocycles. The number of nitrogens with zero attached hydrogens (tertiary/aromatic N) is 3. The normalized spacial score (nSPS) is 11.4. The van der Waals surface area contributed by atoms with E-state index in [-0.39, 0.29) is 0 Å². The highest BCUT2D eigenvalue weighted by Gasteiger charge is 2.17. The van der Waals surface area contributed by atoms with Crippen molar-refractivity contribution in [3.05, 3.63) is 188 Å². The molecule has 0 aliphatic carbocycles. The van der Waals surface area contributed by atoms with Gasteiger partial charge < -0.3 is 0 Å². The molecule has 0 aliphatic rings. The van der Waals surface area contributed by atoms with Gasteiger partial charge in [-0.3, -0.25) is 0 Å². The molecule has 0 spiro atoms. The Bertz CT molecular complexity index is 2900. The molecule has 53 heavy (non-hydrogen) atoms. The molecule has 0 atom stereocenters. The van der Waals surface area contributed by atoms with E-state index < -0.39 is 0 Å². The first-order chi connectivity index (χ1) is 26.2. The van der Waals surface area contributed by atoms with Gasteiger partial charge in [0.25, 0.3) is 0 Å². The Morgan fingerprint density at radius 2 is 0.830 bits per heavy atom. The van der Waals surface area contributed by atoms with Crippen molar-refractivity contribution in [2.75, 3.05) is 0 Å². The lowest BCUT2D eigenvalue weighted by Gasteiger charge is -2.11. The van der Waals surface area contributed by atoms with E-state index in [4.69, 9.17) is 15.0 Å². The van der Waals surface area contributed by atoms with Gasteiger partial charge in [-0.1, -0.05) is 170 Å². The summed E-state index contributed by atoms with van der Waals surface area (Å²) in [4.78, 5) is 15.5. The first-order valence-electron chi connectivity index (χ1n) is 17.8. The minimum atomic E-state index is 0.701. The van der Waals surface area contributed by atoms with Crippen LogP contribution in [-0.4, -0.2) is 15.0 Å². The van der Waals surface area contributed by atoms with Crippen LogP contribution in [0.3, 0.4) is 0 Å². The second kappa shape index (κ2) is 13.1. The van der Waals surface area contributed by atoms with E-state index in [9.17, 15) is 0 Å². The number of benzene rings is 7. The number of rotatable bonds is 6. The van der Waals surface area contributed by atoms with Crippen molar-refractivity contribution in [2.45, 2.75) is 0 Å². The van der Waals surface area contributed by atoms with Gasteiger partial charge in [0.15, 0.2) is 5.82 Å². The van der Waals surface area contributed by atoms with Crippen LogP contribution in [0.2, 0.25) is 0 Å². The molecule has 4 heteroatoms. The molecule has 0 N–H and O–H groups in total. The largest absolute Gasteiger partial charge is 0.247 e. The second-order valence-electron chi connectivity index (χ2n) is 13.2. The van der Waals surface area contributed by atoms with Crippen molar-refractivity contribution in [2.24, 2.45) is 0 Å². The second-order valence-corrected chi connectivity index (χ2v) is 14.3. The van der Waals surface area contributed by atoms with Crippen molar-refractivity contribution in [3.8, 4) is 67.4 Å². The van der Waals surface area contributed by atoms with Gasteiger partial charge in [-0.25, -0.2) is 15.0 Å². The third-order valence-electron chi connectivity index (χ3n) is 9.91. The van der Waals surface area contributed by atoms with Crippen LogP contribution < -0.4 is 0 Å². The standard InChI is InChI=1S/C49H31N3S/c1-4-12-32(13-5-1)33-22-26-38(27-23-33)49-51-42(35-14-6-2-7-15-35)31-43(52-49)36-24-20-34(21-25-36)39-28-29-40-44(30-39)50-47(37-16-8-3-9-17-37)46-41-18-10-11-19-45(41)53-48(40)46/h1-31H. The summed E-state index contributed by atoms with van der Waals surface area (Å²) in [5, 5.41) is 3.67. The molecule has 7 aromatic carbocycles. The quantitative estimate of drug-likeness (QED) is 0.174. The number of hydrogen-bond acceptors (Lipinski definition) is 4. The smallest absolute Gasteiger partial charge is 0.160 e. The Morgan fingerprint density at radius 1 is 0.340 bits per heavy atom. The zero-order valence-corrected chi connectivity index (χ0v) is 29.5. The lowest BCUT2D eigenvalue weighted by Crippen LogP contribution is -1.96. The third-order valence-corrected chi connectivity index (χ3v) is 11.1. The molecule has 0 fully saturated rings. The minimum absolute atomic E-state index is 0.701. The number of aromatic nitrogens is 3. The van der Waals surface area contributed by atoms with Crippen molar-refractivity contribution in [3.63, 3.8) is 0 Å². The highest BCUT2D eigenvalue weighted by Crippen LogP contribution is 2.43. The van der Waals surface area contributed by atoms with Gasteiger partial charge in [0.05, 0.1) is 22.6 Å². The Labute approximate surface area is 311 Å². The third kappa shape index (κ3) is 5.76. The average Bonchev–Trinajstić information content (AvgIpc) is 3.64. The summed E-state index contributed by atoms with van der Waals surface area (Å²) >= 11 is 1.85. The van der Waals surface area contributed by atoms with Crippen LogP contribution in [0.1, 0.15) is 0 Å². The summed E-state index contributed by atoms with van der Waals surface area (Å²) in [5.41, 5.74) is 12.6. The van der Waals surface area contributed by atoms with E-state index in [1.165, 1.54) is 31.1 Å². The summed E-state index contributed by atoms with van der Waals surface area (Å²) in [6.07, 6.45) is 0. The van der Waals surface area contributed by atoms with E-state index in [1.54, 1.807) is 0 Å². The van der Waals surface area contributed by atoms with E-state index >= 15 is 0 Å². The van der Waals surface area contributed by atoms with E-state index in [0.29, 0.717) is 5.82 Å². The Kier molecular flexibility index (Phi) is 7.67. The van der Waals surface area contributed by atoms with Crippen LogP contribution in [0.5, 0.6) is 0 Å². The van der Waals surface area contributed by atoms with Crippen LogP contribution >= 0.6 is 11.3 Å².